The predicted molar refractivity (Wildman–Crippen MR) is 400 cm³/mol. The summed E-state index contributed by atoms with van der Waals surface area (Å²) in [4.78, 5) is 72.8. The van der Waals surface area contributed by atoms with Gasteiger partial charge in [0.1, 0.15) is 19.3 Å². The molecule has 0 rings (SSSR count). The van der Waals surface area contributed by atoms with Gasteiger partial charge in [-0.3, -0.25) is 37.3 Å². The van der Waals surface area contributed by atoms with Gasteiger partial charge in [-0.05, 0) is 37.5 Å². The van der Waals surface area contributed by atoms with Crippen molar-refractivity contribution in [1.82, 2.24) is 0 Å². The van der Waals surface area contributed by atoms with E-state index in [9.17, 15) is 43.2 Å². The van der Waals surface area contributed by atoms with Crippen LogP contribution in [-0.2, 0) is 65.4 Å². The Balaban J connectivity index is 5.19. The summed E-state index contributed by atoms with van der Waals surface area (Å²) in [6, 6.07) is 0. The highest BCUT2D eigenvalue weighted by atomic mass is 31.2. The predicted octanol–water partition coefficient (Wildman–Crippen LogP) is 23.5. The highest BCUT2D eigenvalue weighted by Gasteiger charge is 2.30. The molecule has 0 aromatic heterocycles. The quantitative estimate of drug-likeness (QED) is 0.0222. The van der Waals surface area contributed by atoms with Crippen molar-refractivity contribution >= 4 is 39.5 Å². The monoisotopic (exact) mass is 1440 g/mol. The average Bonchev–Trinajstić information content (AvgIpc) is 1.07. The molecular formula is C79H154O17P2. The van der Waals surface area contributed by atoms with Crippen LogP contribution in [0, 0.1) is 11.8 Å². The molecule has 0 aromatic rings. The maximum Gasteiger partial charge on any atom is 0.472 e. The van der Waals surface area contributed by atoms with Crippen LogP contribution in [0.4, 0.5) is 0 Å². The summed E-state index contributed by atoms with van der Waals surface area (Å²) in [5, 5.41) is 10.6. The van der Waals surface area contributed by atoms with E-state index in [2.05, 4.69) is 41.5 Å². The molecule has 0 bridgehead atoms. The maximum absolute atomic E-state index is 13.1. The maximum atomic E-state index is 13.1. The number of esters is 4. The van der Waals surface area contributed by atoms with Crippen molar-refractivity contribution in [3.05, 3.63) is 0 Å². The van der Waals surface area contributed by atoms with E-state index in [1.54, 1.807) is 0 Å². The molecule has 3 unspecified atom stereocenters. The summed E-state index contributed by atoms with van der Waals surface area (Å²) in [7, 11) is -9.91. The van der Waals surface area contributed by atoms with Crippen molar-refractivity contribution in [2.45, 2.75) is 432 Å². The smallest absolute Gasteiger partial charge is 0.462 e. The first kappa shape index (κ1) is 96.1. The fourth-order valence-corrected chi connectivity index (χ4v) is 13.7. The lowest BCUT2D eigenvalue weighted by Crippen LogP contribution is -2.30. The first-order valence-corrected chi connectivity index (χ1v) is 44.0. The van der Waals surface area contributed by atoms with Crippen LogP contribution in [0.5, 0.6) is 0 Å². The normalized spacial score (nSPS) is 14.2. The van der Waals surface area contributed by atoms with Crippen molar-refractivity contribution in [2.24, 2.45) is 11.8 Å². The molecule has 0 aromatic carbocycles. The molecule has 0 amide bonds. The van der Waals surface area contributed by atoms with E-state index in [0.717, 1.165) is 115 Å². The molecule has 0 aliphatic carbocycles. The summed E-state index contributed by atoms with van der Waals surface area (Å²) in [6.07, 6.45) is 59.8. The number of hydrogen-bond acceptors (Lipinski definition) is 15. The van der Waals surface area contributed by atoms with Gasteiger partial charge in [0.15, 0.2) is 12.2 Å². The molecule has 0 spiro atoms. The number of aliphatic hydroxyl groups is 1. The summed E-state index contributed by atoms with van der Waals surface area (Å²) < 4.78 is 68.5. The third-order valence-electron chi connectivity index (χ3n) is 18.8. The summed E-state index contributed by atoms with van der Waals surface area (Å²) >= 11 is 0. The SMILES string of the molecule is CCCCCCCCCCCCCCCCCCCCCC(=O)O[C@H](COC(=O)CCCCCCCCCCCCCCCCCC(C)C)COP(=O)(O)OC[C@@H](O)COP(=O)(O)OC[C@@H](COC(=O)CCCCCCCCC)OC(=O)CCCCCCCCCCCCC(C)CC. The zero-order valence-electron chi connectivity index (χ0n) is 64.1. The Morgan fingerprint density at radius 3 is 0.776 bits per heavy atom. The topological polar surface area (TPSA) is 237 Å². The third kappa shape index (κ3) is 71.1. The van der Waals surface area contributed by atoms with E-state index in [1.807, 2.05) is 0 Å². The molecule has 17 nitrogen and oxygen atoms in total. The molecular weight excluding hydrogens is 1280 g/mol. The minimum atomic E-state index is -4.96. The summed E-state index contributed by atoms with van der Waals surface area (Å²) in [5.41, 5.74) is 0. The van der Waals surface area contributed by atoms with E-state index in [1.165, 1.54) is 218 Å². The lowest BCUT2D eigenvalue weighted by atomic mass is 9.99. The molecule has 0 fully saturated rings. The number of carbonyl (C=O) groups is 4. The van der Waals surface area contributed by atoms with Crippen molar-refractivity contribution in [1.29, 1.82) is 0 Å². The Labute approximate surface area is 600 Å². The van der Waals surface area contributed by atoms with Crippen LogP contribution in [0.25, 0.3) is 0 Å². The minimum absolute atomic E-state index is 0.106. The largest absolute Gasteiger partial charge is 0.472 e. The highest BCUT2D eigenvalue weighted by Crippen LogP contribution is 2.45. The summed E-state index contributed by atoms with van der Waals surface area (Å²) in [5.74, 6) is -0.506. The number of hydrogen-bond donors (Lipinski definition) is 3. The van der Waals surface area contributed by atoms with Gasteiger partial charge in [0.2, 0.25) is 0 Å². The van der Waals surface area contributed by atoms with Gasteiger partial charge in [-0.1, -0.05) is 363 Å². The van der Waals surface area contributed by atoms with E-state index >= 15 is 0 Å². The fraction of sp³-hybridized carbons (Fsp3) is 0.949. The van der Waals surface area contributed by atoms with Gasteiger partial charge in [-0.15, -0.1) is 0 Å². The zero-order valence-corrected chi connectivity index (χ0v) is 65.9. The van der Waals surface area contributed by atoms with Crippen LogP contribution >= 0.6 is 15.6 Å². The van der Waals surface area contributed by atoms with E-state index in [0.29, 0.717) is 25.7 Å². The van der Waals surface area contributed by atoms with Crippen LogP contribution in [0.2, 0.25) is 0 Å². The zero-order chi connectivity index (χ0) is 72.1. The number of ether oxygens (including phenoxy) is 4. The van der Waals surface area contributed by atoms with Crippen LogP contribution < -0.4 is 0 Å². The van der Waals surface area contributed by atoms with Gasteiger partial charge >= 0.3 is 39.5 Å². The number of aliphatic hydroxyl groups excluding tert-OH is 1. The van der Waals surface area contributed by atoms with Crippen molar-refractivity contribution in [2.75, 3.05) is 39.6 Å². The Morgan fingerprint density at radius 1 is 0.296 bits per heavy atom. The van der Waals surface area contributed by atoms with Crippen molar-refractivity contribution < 1.29 is 80.2 Å². The number of phosphoric acid groups is 2. The second-order valence-corrected chi connectivity index (χ2v) is 32.1. The molecule has 0 radical (unpaired) electrons. The molecule has 582 valence electrons. The molecule has 6 atom stereocenters. The number of carbonyl (C=O) groups excluding carboxylic acids is 4. The minimum Gasteiger partial charge on any atom is -0.462 e. The van der Waals surface area contributed by atoms with Crippen LogP contribution in [0.15, 0.2) is 0 Å². The van der Waals surface area contributed by atoms with Crippen LogP contribution in [-0.4, -0.2) is 96.7 Å². The van der Waals surface area contributed by atoms with Gasteiger partial charge in [-0.2, -0.15) is 0 Å². The first-order chi connectivity index (χ1) is 47.4. The van der Waals surface area contributed by atoms with Gasteiger partial charge in [0, 0.05) is 25.7 Å². The Morgan fingerprint density at radius 2 is 0.520 bits per heavy atom. The molecule has 0 saturated carbocycles. The molecule has 98 heavy (non-hydrogen) atoms. The second-order valence-electron chi connectivity index (χ2n) is 29.2. The van der Waals surface area contributed by atoms with E-state index in [-0.39, 0.29) is 25.7 Å². The van der Waals surface area contributed by atoms with Gasteiger partial charge < -0.3 is 33.8 Å². The standard InChI is InChI=1S/C79H154O17P2/c1-7-10-12-14-16-17-18-19-20-21-22-23-26-30-33-39-45-51-57-63-78(83)96-75(68-90-77(82)62-56-50-44-38-32-29-27-24-25-28-31-36-42-47-53-59-71(4)5)70-94-98(87,88)92-66-73(80)65-91-97(85,86)93-69-74(67-89-76(81)61-55-49-41-15-13-11-8-2)95-79(84)64-58-52-46-40-35-34-37-43-48-54-60-72(6)9-3/h71-75,80H,7-70H2,1-6H3,(H,85,86)(H,87,88)/t72?,73-,74+,75+/m0/s1. The molecule has 0 aliphatic rings. The van der Waals surface area contributed by atoms with Gasteiger partial charge in [-0.25, -0.2) is 9.13 Å². The van der Waals surface area contributed by atoms with E-state index < -0.39 is 97.5 Å². The van der Waals surface area contributed by atoms with Gasteiger partial charge in [0.25, 0.3) is 0 Å². The Kier molecular flexibility index (Phi) is 69.3. The molecule has 19 heteroatoms. The fourth-order valence-electron chi connectivity index (χ4n) is 12.2. The van der Waals surface area contributed by atoms with Crippen molar-refractivity contribution in [3.8, 4) is 0 Å². The highest BCUT2D eigenvalue weighted by molar-refractivity contribution is 7.47. The lowest BCUT2D eigenvalue weighted by molar-refractivity contribution is -0.161. The molecule has 0 aliphatic heterocycles. The third-order valence-corrected chi connectivity index (χ3v) is 20.7. The lowest BCUT2D eigenvalue weighted by Gasteiger charge is -2.21. The number of unbranched alkanes of at least 4 members (excludes halogenated alkanes) is 47. The number of rotatable bonds is 78. The number of phosphoric ester groups is 2. The molecule has 0 saturated heterocycles. The average molecular weight is 1440 g/mol. The van der Waals surface area contributed by atoms with Crippen LogP contribution in [0.1, 0.15) is 414 Å². The molecule has 3 N–H and O–H groups in total. The summed E-state index contributed by atoms with van der Waals surface area (Å²) in [6.45, 7) is 9.63. The van der Waals surface area contributed by atoms with E-state index in [4.69, 9.17) is 37.0 Å². The van der Waals surface area contributed by atoms with Crippen LogP contribution in [0.3, 0.4) is 0 Å². The Hall–Kier alpha value is -1.94. The van der Waals surface area contributed by atoms with Crippen molar-refractivity contribution in [3.63, 3.8) is 0 Å². The molecule has 0 heterocycles. The first-order valence-electron chi connectivity index (χ1n) is 41.0. The van der Waals surface area contributed by atoms with Gasteiger partial charge in [0.05, 0.1) is 26.4 Å². The second kappa shape index (κ2) is 70.7. The Bertz CT molecular complexity index is 1890.